The highest BCUT2D eigenvalue weighted by atomic mass is 127. The predicted octanol–water partition coefficient (Wildman–Crippen LogP) is 1.52. The first-order chi connectivity index (χ1) is 9.95. The van der Waals surface area contributed by atoms with Gasteiger partial charge in [-0.3, -0.25) is 9.36 Å². The summed E-state index contributed by atoms with van der Waals surface area (Å²) in [5.41, 5.74) is -1.31. The number of cyclic esters (lactones) is 1. The molecule has 1 N–H and O–H groups in total. The van der Waals surface area contributed by atoms with Gasteiger partial charge in [0.05, 0.1) is 15.8 Å². The van der Waals surface area contributed by atoms with Gasteiger partial charge in [-0.15, -0.1) is 5.92 Å². The lowest BCUT2D eigenvalue weighted by atomic mass is 9.87. The molecule has 1 aliphatic rings. The van der Waals surface area contributed by atoms with Crippen LogP contribution in [0.3, 0.4) is 0 Å². The van der Waals surface area contributed by atoms with Crippen LogP contribution in [0.2, 0.25) is 0 Å². The first-order valence-electron chi connectivity index (χ1n) is 6.73. The summed E-state index contributed by atoms with van der Waals surface area (Å²) in [7, 11) is 0. The Morgan fingerprint density at radius 3 is 2.76 bits per heavy atom. The van der Waals surface area contributed by atoms with E-state index in [0.29, 0.717) is 14.8 Å². The van der Waals surface area contributed by atoms with E-state index in [1.54, 1.807) is 13.0 Å². The van der Waals surface area contributed by atoms with Gasteiger partial charge < -0.3 is 9.84 Å². The van der Waals surface area contributed by atoms with E-state index in [4.69, 9.17) is 4.74 Å². The van der Waals surface area contributed by atoms with Crippen LogP contribution in [0.1, 0.15) is 37.8 Å². The molecule has 0 saturated heterocycles. The summed E-state index contributed by atoms with van der Waals surface area (Å²) < 4.78 is 7.14. The van der Waals surface area contributed by atoms with Gasteiger partial charge in [-0.05, 0) is 35.1 Å². The number of pyridine rings is 1. The molecule has 0 aromatic carbocycles. The average Bonchev–Trinajstić information content (AvgIpc) is 2.47. The van der Waals surface area contributed by atoms with Crippen LogP contribution < -0.4 is 5.56 Å². The second kappa shape index (κ2) is 6.20. The maximum absolute atomic E-state index is 12.5. The number of ether oxygens (including phenoxy) is 1. The Hall–Kier alpha value is -1.33. The van der Waals surface area contributed by atoms with Crippen molar-refractivity contribution in [2.24, 2.45) is 0 Å². The summed E-state index contributed by atoms with van der Waals surface area (Å²) in [6, 6.07) is 1.68. The van der Waals surface area contributed by atoms with Crippen LogP contribution in [-0.4, -0.2) is 15.6 Å². The molecule has 0 spiro atoms. The zero-order valence-electron chi connectivity index (χ0n) is 11.9. The van der Waals surface area contributed by atoms with Gasteiger partial charge >= 0.3 is 5.97 Å². The number of fused-ring (bicyclic) bond motifs is 1. The fourth-order valence-corrected chi connectivity index (χ4v) is 2.98. The van der Waals surface area contributed by atoms with Crippen molar-refractivity contribution >= 4 is 28.6 Å². The Balaban J connectivity index is 2.60. The minimum absolute atomic E-state index is 0.104. The minimum Gasteiger partial charge on any atom is -0.458 e. The topological polar surface area (TPSA) is 68.5 Å². The van der Waals surface area contributed by atoms with Crippen LogP contribution in [0, 0.1) is 15.5 Å². The molecule has 1 aliphatic heterocycles. The molecule has 1 aromatic rings. The molecule has 2 heterocycles. The summed E-state index contributed by atoms with van der Waals surface area (Å²) in [4.78, 5) is 24.3. The lowest BCUT2D eigenvalue weighted by Gasteiger charge is -2.31. The molecule has 0 amide bonds. The third-order valence-electron chi connectivity index (χ3n) is 3.53. The minimum atomic E-state index is -1.74. The highest BCUT2D eigenvalue weighted by Gasteiger charge is 2.44. The lowest BCUT2D eigenvalue weighted by Crippen LogP contribution is -2.44. The number of halogens is 1. The Morgan fingerprint density at radius 2 is 2.14 bits per heavy atom. The summed E-state index contributed by atoms with van der Waals surface area (Å²) in [5.74, 6) is 5.14. The van der Waals surface area contributed by atoms with E-state index in [2.05, 4.69) is 11.8 Å². The van der Waals surface area contributed by atoms with E-state index in [1.165, 1.54) is 4.57 Å². The first-order valence-corrected chi connectivity index (χ1v) is 7.81. The molecule has 5 nitrogen and oxygen atoms in total. The van der Waals surface area contributed by atoms with Crippen molar-refractivity contribution in [3.63, 3.8) is 0 Å². The fourth-order valence-electron chi connectivity index (χ4n) is 2.28. The van der Waals surface area contributed by atoms with E-state index in [-0.39, 0.29) is 25.1 Å². The van der Waals surface area contributed by atoms with E-state index >= 15 is 0 Å². The molecule has 6 heteroatoms. The number of aliphatic hydroxyl groups is 1. The molecular weight excluding hydrogens is 385 g/mol. The zero-order valence-corrected chi connectivity index (χ0v) is 14.1. The Bertz CT molecular complexity index is 698. The molecule has 0 radical (unpaired) electrons. The van der Waals surface area contributed by atoms with Crippen molar-refractivity contribution in [3.05, 3.63) is 31.2 Å². The van der Waals surface area contributed by atoms with Gasteiger partial charge in [-0.2, -0.15) is 0 Å². The SMILES string of the molecule is CCC#CCn1c(I)cc2c(c1=O)COC(=O)C2(O)CC. The molecule has 21 heavy (non-hydrogen) atoms. The van der Waals surface area contributed by atoms with Crippen LogP contribution >= 0.6 is 22.6 Å². The highest BCUT2D eigenvalue weighted by Crippen LogP contribution is 2.33. The van der Waals surface area contributed by atoms with Crippen molar-refractivity contribution in [1.82, 2.24) is 4.57 Å². The summed E-state index contributed by atoms with van der Waals surface area (Å²) >= 11 is 2.02. The van der Waals surface area contributed by atoms with Gasteiger partial charge in [0.1, 0.15) is 6.61 Å². The summed E-state index contributed by atoms with van der Waals surface area (Å²) in [5, 5.41) is 10.5. The predicted molar refractivity (Wildman–Crippen MR) is 85.5 cm³/mol. The number of aromatic nitrogens is 1. The highest BCUT2D eigenvalue weighted by molar-refractivity contribution is 14.1. The number of nitrogens with zero attached hydrogens (tertiary/aromatic N) is 1. The average molecular weight is 401 g/mol. The van der Waals surface area contributed by atoms with Gasteiger partial charge in [0, 0.05) is 12.0 Å². The molecule has 2 rings (SSSR count). The zero-order chi connectivity index (χ0) is 15.6. The Morgan fingerprint density at radius 1 is 1.43 bits per heavy atom. The molecule has 1 atom stereocenters. The molecule has 1 aromatic heterocycles. The van der Waals surface area contributed by atoms with Crippen molar-refractivity contribution in [2.75, 3.05) is 0 Å². The maximum Gasteiger partial charge on any atom is 0.343 e. The number of rotatable bonds is 2. The molecule has 112 valence electrons. The van der Waals surface area contributed by atoms with Crippen molar-refractivity contribution < 1.29 is 14.6 Å². The van der Waals surface area contributed by atoms with Gasteiger partial charge in [0.25, 0.3) is 5.56 Å². The molecule has 0 fully saturated rings. The molecule has 1 unspecified atom stereocenters. The van der Waals surface area contributed by atoms with Crippen LogP contribution in [0.5, 0.6) is 0 Å². The van der Waals surface area contributed by atoms with Crippen molar-refractivity contribution in [2.45, 2.75) is 45.4 Å². The van der Waals surface area contributed by atoms with Crippen molar-refractivity contribution in [3.8, 4) is 11.8 Å². The second-order valence-electron chi connectivity index (χ2n) is 4.75. The summed E-state index contributed by atoms with van der Waals surface area (Å²) in [6.45, 7) is 3.81. The summed E-state index contributed by atoms with van der Waals surface area (Å²) in [6.07, 6.45) is 0.886. The van der Waals surface area contributed by atoms with E-state index in [0.717, 1.165) is 6.42 Å². The number of carbonyl (C=O) groups is 1. The molecular formula is C15H16INO4. The van der Waals surface area contributed by atoms with E-state index in [1.807, 2.05) is 29.5 Å². The number of carbonyl (C=O) groups excluding carboxylic acids is 1. The normalized spacial score (nSPS) is 20.3. The van der Waals surface area contributed by atoms with Crippen LogP contribution in [0.25, 0.3) is 0 Å². The third-order valence-corrected chi connectivity index (χ3v) is 4.42. The third kappa shape index (κ3) is 2.72. The first kappa shape index (κ1) is 16.0. The van der Waals surface area contributed by atoms with Crippen LogP contribution in [0.4, 0.5) is 0 Å². The van der Waals surface area contributed by atoms with Crippen molar-refractivity contribution in [1.29, 1.82) is 0 Å². The fraction of sp³-hybridized carbons (Fsp3) is 0.467. The monoisotopic (exact) mass is 401 g/mol. The van der Waals surface area contributed by atoms with E-state index < -0.39 is 11.6 Å². The lowest BCUT2D eigenvalue weighted by molar-refractivity contribution is -0.172. The smallest absolute Gasteiger partial charge is 0.343 e. The Labute approximate surface area is 136 Å². The Kier molecular flexibility index (Phi) is 4.74. The maximum atomic E-state index is 12.5. The molecule has 0 bridgehead atoms. The van der Waals surface area contributed by atoms with Crippen LogP contribution in [-0.2, 0) is 28.3 Å². The number of hydrogen-bond acceptors (Lipinski definition) is 4. The van der Waals surface area contributed by atoms with Gasteiger partial charge in [0.15, 0.2) is 5.60 Å². The largest absolute Gasteiger partial charge is 0.458 e. The standard InChI is InChI=1S/C15H16INO4/c1-3-5-6-7-17-12(16)8-11-10(13(17)18)9-21-14(19)15(11,20)4-2/h8,20H,3-4,7,9H2,1-2H3. The van der Waals surface area contributed by atoms with Gasteiger partial charge in [-0.25, -0.2) is 4.79 Å². The van der Waals surface area contributed by atoms with Gasteiger partial charge in [-0.1, -0.05) is 19.8 Å². The quantitative estimate of drug-likeness (QED) is 0.353. The molecule has 0 aliphatic carbocycles. The molecule has 0 saturated carbocycles. The van der Waals surface area contributed by atoms with Crippen LogP contribution in [0.15, 0.2) is 10.9 Å². The second-order valence-corrected chi connectivity index (χ2v) is 5.85. The number of esters is 1. The van der Waals surface area contributed by atoms with Gasteiger partial charge in [0.2, 0.25) is 0 Å². The number of hydrogen-bond donors (Lipinski definition) is 1. The van der Waals surface area contributed by atoms with E-state index in [9.17, 15) is 14.7 Å².